The van der Waals surface area contributed by atoms with Gasteiger partial charge >= 0.3 is 0 Å². The van der Waals surface area contributed by atoms with Crippen molar-refractivity contribution in [1.29, 1.82) is 0 Å². The Bertz CT molecular complexity index is 285. The first-order valence-electron chi connectivity index (χ1n) is 8.44. The predicted molar refractivity (Wildman–Crippen MR) is 85.1 cm³/mol. The summed E-state index contributed by atoms with van der Waals surface area (Å²) >= 11 is 0. The standard InChI is InChI=1S/C17H34N2O/c1-15(2)18-13-17(7-11-20-12-8-17)14-19-9-5-16(3,4)6-10-19/h15,18H,5-14H2,1-4H3. The van der Waals surface area contributed by atoms with E-state index >= 15 is 0 Å². The molecule has 3 heteroatoms. The van der Waals surface area contributed by atoms with E-state index in [2.05, 4.69) is 37.9 Å². The lowest BCUT2D eigenvalue weighted by atomic mass is 9.77. The minimum atomic E-state index is 0.435. The van der Waals surface area contributed by atoms with Gasteiger partial charge in [0.1, 0.15) is 0 Å². The molecule has 2 aliphatic rings. The Morgan fingerprint density at radius 2 is 1.65 bits per heavy atom. The number of nitrogens with one attached hydrogen (secondary N) is 1. The maximum absolute atomic E-state index is 5.61. The lowest BCUT2D eigenvalue weighted by Gasteiger charge is -2.45. The van der Waals surface area contributed by atoms with Crippen molar-refractivity contribution in [2.45, 2.75) is 59.4 Å². The fourth-order valence-corrected chi connectivity index (χ4v) is 3.41. The van der Waals surface area contributed by atoms with E-state index in [9.17, 15) is 0 Å². The smallest absolute Gasteiger partial charge is 0.0472 e. The first kappa shape index (κ1) is 16.3. The first-order valence-corrected chi connectivity index (χ1v) is 8.44. The maximum atomic E-state index is 5.61. The molecule has 0 radical (unpaired) electrons. The first-order chi connectivity index (χ1) is 9.41. The van der Waals surface area contributed by atoms with Crippen molar-refractivity contribution in [3.05, 3.63) is 0 Å². The number of hydrogen-bond donors (Lipinski definition) is 1. The molecule has 3 nitrogen and oxygen atoms in total. The fourth-order valence-electron chi connectivity index (χ4n) is 3.41. The molecule has 20 heavy (non-hydrogen) atoms. The molecular weight excluding hydrogens is 248 g/mol. The Morgan fingerprint density at radius 1 is 1.05 bits per heavy atom. The third-order valence-electron chi connectivity index (χ3n) is 5.21. The highest BCUT2D eigenvalue weighted by atomic mass is 16.5. The van der Waals surface area contributed by atoms with E-state index in [1.54, 1.807) is 0 Å². The van der Waals surface area contributed by atoms with Crippen LogP contribution in [0.5, 0.6) is 0 Å². The van der Waals surface area contributed by atoms with Gasteiger partial charge in [0.2, 0.25) is 0 Å². The number of hydrogen-bond acceptors (Lipinski definition) is 3. The number of rotatable bonds is 5. The van der Waals surface area contributed by atoms with Crippen LogP contribution in [-0.2, 0) is 4.74 Å². The van der Waals surface area contributed by atoms with E-state index in [1.165, 1.54) is 45.3 Å². The molecule has 0 aromatic rings. The number of nitrogens with zero attached hydrogens (tertiary/aromatic N) is 1. The van der Waals surface area contributed by atoms with Gasteiger partial charge in [0.15, 0.2) is 0 Å². The summed E-state index contributed by atoms with van der Waals surface area (Å²) in [5, 5.41) is 3.68. The van der Waals surface area contributed by atoms with E-state index in [0.717, 1.165) is 19.8 Å². The average Bonchev–Trinajstić information content (AvgIpc) is 2.40. The van der Waals surface area contributed by atoms with Gasteiger partial charge in [-0.05, 0) is 49.6 Å². The van der Waals surface area contributed by atoms with Gasteiger partial charge in [-0.15, -0.1) is 0 Å². The van der Waals surface area contributed by atoms with Gasteiger partial charge in [-0.25, -0.2) is 0 Å². The highest BCUT2D eigenvalue weighted by Crippen LogP contribution is 2.35. The van der Waals surface area contributed by atoms with Gasteiger partial charge in [0, 0.05) is 32.3 Å². The Morgan fingerprint density at radius 3 is 2.20 bits per heavy atom. The van der Waals surface area contributed by atoms with E-state index in [0.29, 0.717) is 16.9 Å². The van der Waals surface area contributed by atoms with Crippen LogP contribution < -0.4 is 5.32 Å². The summed E-state index contributed by atoms with van der Waals surface area (Å²) in [6.07, 6.45) is 5.12. The van der Waals surface area contributed by atoms with Crippen LogP contribution in [0.1, 0.15) is 53.4 Å². The van der Waals surface area contributed by atoms with Gasteiger partial charge in [0.25, 0.3) is 0 Å². The van der Waals surface area contributed by atoms with Gasteiger partial charge in [0.05, 0.1) is 0 Å². The molecule has 0 saturated carbocycles. The highest BCUT2D eigenvalue weighted by Gasteiger charge is 2.36. The molecule has 0 aromatic heterocycles. The molecule has 1 N–H and O–H groups in total. The number of piperidine rings is 1. The van der Waals surface area contributed by atoms with Crippen LogP contribution in [0, 0.1) is 10.8 Å². The SMILES string of the molecule is CC(C)NCC1(CN2CCC(C)(C)CC2)CCOCC1. The van der Waals surface area contributed by atoms with E-state index in [1.807, 2.05) is 0 Å². The van der Waals surface area contributed by atoms with Gasteiger partial charge < -0.3 is 15.0 Å². The topological polar surface area (TPSA) is 24.5 Å². The minimum absolute atomic E-state index is 0.435. The summed E-state index contributed by atoms with van der Waals surface area (Å²) in [5.41, 5.74) is 0.986. The molecule has 0 spiro atoms. The van der Waals surface area contributed by atoms with E-state index in [4.69, 9.17) is 4.74 Å². The third-order valence-corrected chi connectivity index (χ3v) is 5.21. The largest absolute Gasteiger partial charge is 0.381 e. The summed E-state index contributed by atoms with van der Waals surface area (Å²) < 4.78 is 5.61. The molecule has 0 amide bonds. The predicted octanol–water partition coefficient (Wildman–Crippen LogP) is 2.90. The lowest BCUT2D eigenvalue weighted by molar-refractivity contribution is -0.0142. The Balaban J connectivity index is 1.90. The van der Waals surface area contributed by atoms with Crippen LogP contribution in [0.3, 0.4) is 0 Å². The molecule has 0 aliphatic carbocycles. The van der Waals surface area contributed by atoms with Crippen molar-refractivity contribution < 1.29 is 4.74 Å². The lowest BCUT2D eigenvalue weighted by Crippen LogP contribution is -2.50. The molecule has 0 atom stereocenters. The monoisotopic (exact) mass is 282 g/mol. The summed E-state index contributed by atoms with van der Waals surface area (Å²) in [4.78, 5) is 2.71. The summed E-state index contributed by atoms with van der Waals surface area (Å²) in [6.45, 7) is 16.2. The van der Waals surface area contributed by atoms with Gasteiger partial charge in [-0.3, -0.25) is 0 Å². The maximum Gasteiger partial charge on any atom is 0.0472 e. The number of likely N-dealkylation sites (tertiary alicyclic amines) is 1. The summed E-state index contributed by atoms with van der Waals surface area (Å²) in [6, 6.07) is 0.579. The molecule has 0 unspecified atom stereocenters. The van der Waals surface area contributed by atoms with Crippen molar-refractivity contribution in [1.82, 2.24) is 10.2 Å². The average molecular weight is 282 g/mol. The molecule has 118 valence electrons. The molecule has 2 heterocycles. The molecule has 2 aliphatic heterocycles. The Hall–Kier alpha value is -0.120. The van der Waals surface area contributed by atoms with Crippen LogP contribution in [0.4, 0.5) is 0 Å². The van der Waals surface area contributed by atoms with Gasteiger partial charge in [-0.2, -0.15) is 0 Å². The van der Waals surface area contributed by atoms with Crippen LogP contribution in [-0.4, -0.2) is 50.3 Å². The second-order valence-electron chi connectivity index (χ2n) is 8.09. The quantitative estimate of drug-likeness (QED) is 0.839. The zero-order valence-electron chi connectivity index (χ0n) is 14.0. The minimum Gasteiger partial charge on any atom is -0.381 e. The summed E-state index contributed by atoms with van der Waals surface area (Å²) in [5.74, 6) is 0. The van der Waals surface area contributed by atoms with Crippen molar-refractivity contribution >= 4 is 0 Å². The van der Waals surface area contributed by atoms with E-state index in [-0.39, 0.29) is 0 Å². The van der Waals surface area contributed by atoms with Crippen LogP contribution in [0.25, 0.3) is 0 Å². The fraction of sp³-hybridized carbons (Fsp3) is 1.00. The molecule has 2 fully saturated rings. The van der Waals surface area contributed by atoms with Crippen molar-refractivity contribution in [2.24, 2.45) is 10.8 Å². The van der Waals surface area contributed by atoms with Crippen molar-refractivity contribution in [3.8, 4) is 0 Å². The molecule has 2 rings (SSSR count). The molecule has 2 saturated heterocycles. The second kappa shape index (κ2) is 6.76. The molecule has 0 aromatic carbocycles. The van der Waals surface area contributed by atoms with Crippen LogP contribution >= 0.6 is 0 Å². The Labute approximate surface area is 125 Å². The normalized spacial score (nSPS) is 26.9. The zero-order valence-corrected chi connectivity index (χ0v) is 14.0. The number of ether oxygens (including phenoxy) is 1. The van der Waals surface area contributed by atoms with Crippen molar-refractivity contribution in [3.63, 3.8) is 0 Å². The van der Waals surface area contributed by atoms with Crippen LogP contribution in [0.15, 0.2) is 0 Å². The van der Waals surface area contributed by atoms with E-state index < -0.39 is 0 Å². The highest BCUT2D eigenvalue weighted by molar-refractivity contribution is 4.90. The molecular formula is C17H34N2O. The second-order valence-corrected chi connectivity index (χ2v) is 8.09. The van der Waals surface area contributed by atoms with Gasteiger partial charge in [-0.1, -0.05) is 27.7 Å². The summed E-state index contributed by atoms with van der Waals surface area (Å²) in [7, 11) is 0. The van der Waals surface area contributed by atoms with Crippen LogP contribution in [0.2, 0.25) is 0 Å². The molecule has 0 bridgehead atoms. The van der Waals surface area contributed by atoms with Crippen molar-refractivity contribution in [2.75, 3.05) is 39.4 Å². The zero-order chi connectivity index (χ0) is 14.6. The third kappa shape index (κ3) is 4.71. The Kier molecular flexibility index (Phi) is 5.49.